The van der Waals surface area contributed by atoms with E-state index >= 15 is 0 Å². The number of benzene rings is 2. The van der Waals surface area contributed by atoms with Crippen LogP contribution in [0.3, 0.4) is 0 Å². The number of rotatable bonds is 9. The fourth-order valence-corrected chi connectivity index (χ4v) is 3.38. The number of piperazine rings is 1. The minimum atomic E-state index is -0.537. The van der Waals surface area contributed by atoms with Crippen LogP contribution < -0.4 is 15.4 Å². The molecule has 1 fully saturated rings. The van der Waals surface area contributed by atoms with Crippen LogP contribution in [0.15, 0.2) is 54.6 Å². The molecule has 0 aromatic heterocycles. The van der Waals surface area contributed by atoms with Crippen molar-refractivity contribution in [3.05, 3.63) is 60.2 Å². The summed E-state index contributed by atoms with van der Waals surface area (Å²) >= 11 is 0. The van der Waals surface area contributed by atoms with Gasteiger partial charge in [0.15, 0.2) is 0 Å². The number of carbonyl (C=O) groups is 2. The zero-order valence-corrected chi connectivity index (χ0v) is 18.1. The van der Waals surface area contributed by atoms with E-state index in [-0.39, 0.29) is 24.8 Å². The minimum Gasteiger partial charge on any atom is -0.457 e. The third-order valence-corrected chi connectivity index (χ3v) is 5.28. The van der Waals surface area contributed by atoms with Crippen LogP contribution >= 0.6 is 0 Å². The van der Waals surface area contributed by atoms with E-state index in [0.717, 1.165) is 17.1 Å². The highest BCUT2D eigenvalue weighted by molar-refractivity contribution is 5.88. The average Bonchev–Trinajstić information content (AvgIpc) is 2.76. The van der Waals surface area contributed by atoms with Crippen LogP contribution in [0.1, 0.15) is 25.8 Å². The van der Waals surface area contributed by atoms with Gasteiger partial charge in [0.1, 0.15) is 11.5 Å². The predicted molar refractivity (Wildman–Crippen MR) is 119 cm³/mol. The second kappa shape index (κ2) is 10.4. The van der Waals surface area contributed by atoms with Gasteiger partial charge in [-0.05, 0) is 29.8 Å². The number of nitrogens with one attached hydrogen (secondary N) is 2. The van der Waals surface area contributed by atoms with Crippen LogP contribution in [0.5, 0.6) is 11.5 Å². The van der Waals surface area contributed by atoms with Crippen molar-refractivity contribution in [2.24, 2.45) is 5.41 Å². The molecular formula is C24H31N3O4. The number of hydrogen-bond donors (Lipinski definition) is 3. The van der Waals surface area contributed by atoms with Gasteiger partial charge in [0.2, 0.25) is 11.8 Å². The first-order chi connectivity index (χ1) is 14.9. The van der Waals surface area contributed by atoms with E-state index in [1.165, 1.54) is 0 Å². The highest BCUT2D eigenvalue weighted by atomic mass is 16.5. The molecule has 0 radical (unpaired) electrons. The summed E-state index contributed by atoms with van der Waals surface area (Å²) < 4.78 is 5.91. The molecular weight excluding hydrogens is 394 g/mol. The Bertz CT molecular complexity index is 885. The first-order valence-electron chi connectivity index (χ1n) is 10.6. The lowest BCUT2D eigenvalue weighted by Crippen LogP contribution is -2.56. The van der Waals surface area contributed by atoms with Crippen LogP contribution in [-0.4, -0.2) is 54.1 Å². The fraction of sp³-hybridized carbons (Fsp3) is 0.417. The molecule has 31 heavy (non-hydrogen) atoms. The lowest BCUT2D eigenvalue weighted by Gasteiger charge is -2.35. The number of nitrogens with zero attached hydrogens (tertiary/aromatic N) is 1. The third-order valence-electron chi connectivity index (χ3n) is 5.28. The van der Waals surface area contributed by atoms with Crippen molar-refractivity contribution in [3.8, 4) is 11.5 Å². The summed E-state index contributed by atoms with van der Waals surface area (Å²) in [6, 6.07) is 16.8. The van der Waals surface area contributed by atoms with Crippen molar-refractivity contribution in [2.75, 3.05) is 26.2 Å². The Morgan fingerprint density at radius 1 is 1.19 bits per heavy atom. The summed E-state index contributed by atoms with van der Waals surface area (Å²) in [6.07, 6.45) is 0.0769. The van der Waals surface area contributed by atoms with Gasteiger partial charge in [0, 0.05) is 38.2 Å². The van der Waals surface area contributed by atoms with E-state index in [4.69, 9.17) is 4.74 Å². The Morgan fingerprint density at radius 3 is 2.68 bits per heavy atom. The number of aliphatic hydroxyl groups excluding tert-OH is 1. The Labute approximate surface area is 183 Å². The van der Waals surface area contributed by atoms with Crippen LogP contribution in [0.4, 0.5) is 0 Å². The molecule has 0 saturated carbocycles. The van der Waals surface area contributed by atoms with Crippen LogP contribution in [0.2, 0.25) is 0 Å². The van der Waals surface area contributed by atoms with Crippen molar-refractivity contribution in [2.45, 2.75) is 32.9 Å². The SMILES string of the molecule is CC(C)(CO)CNC(=O)CC1C(=O)NCCN1Cc1cccc(Oc2ccccc2)c1. The third kappa shape index (κ3) is 6.80. The normalized spacial score (nSPS) is 17.1. The topological polar surface area (TPSA) is 90.9 Å². The molecule has 0 aliphatic carbocycles. The number of aliphatic hydroxyl groups is 1. The number of ether oxygens (including phenoxy) is 1. The van der Waals surface area contributed by atoms with E-state index in [1.807, 2.05) is 73.3 Å². The monoisotopic (exact) mass is 425 g/mol. The molecule has 0 spiro atoms. The molecule has 3 N–H and O–H groups in total. The zero-order valence-electron chi connectivity index (χ0n) is 18.1. The summed E-state index contributed by atoms with van der Waals surface area (Å²) in [6.45, 7) is 5.83. The standard InChI is InChI=1S/C24H31N3O4/c1-24(2,17-28)16-26-22(29)14-21-23(30)25-11-12-27(21)15-18-7-6-10-20(13-18)31-19-8-4-3-5-9-19/h3-10,13,21,28H,11-12,14-17H2,1-2H3,(H,25,30)(H,26,29). The van der Waals surface area contributed by atoms with E-state index < -0.39 is 11.5 Å². The van der Waals surface area contributed by atoms with Crippen LogP contribution in [-0.2, 0) is 16.1 Å². The van der Waals surface area contributed by atoms with Gasteiger partial charge < -0.3 is 20.5 Å². The number of carbonyl (C=O) groups excluding carboxylic acids is 2. The second-order valence-corrected chi connectivity index (χ2v) is 8.64. The molecule has 2 aromatic rings. The molecule has 1 aliphatic heterocycles. The minimum absolute atomic E-state index is 0.0231. The maximum atomic E-state index is 12.5. The molecule has 2 amide bonds. The van der Waals surface area contributed by atoms with Gasteiger partial charge in [0.25, 0.3) is 0 Å². The van der Waals surface area contributed by atoms with E-state index in [1.54, 1.807) is 0 Å². The van der Waals surface area contributed by atoms with Gasteiger partial charge in [-0.15, -0.1) is 0 Å². The number of amides is 2. The van der Waals surface area contributed by atoms with Crippen molar-refractivity contribution in [1.82, 2.24) is 15.5 Å². The Hall–Kier alpha value is -2.90. The first-order valence-corrected chi connectivity index (χ1v) is 10.6. The quantitative estimate of drug-likeness (QED) is 0.574. The second-order valence-electron chi connectivity index (χ2n) is 8.64. The molecule has 7 nitrogen and oxygen atoms in total. The summed E-state index contributed by atoms with van der Waals surface area (Å²) in [5.74, 6) is 1.15. The molecule has 1 unspecified atom stereocenters. The molecule has 0 bridgehead atoms. The van der Waals surface area contributed by atoms with Crippen molar-refractivity contribution < 1.29 is 19.4 Å². The van der Waals surface area contributed by atoms with Gasteiger partial charge in [-0.25, -0.2) is 0 Å². The molecule has 2 aromatic carbocycles. The van der Waals surface area contributed by atoms with Gasteiger partial charge in [0.05, 0.1) is 12.5 Å². The zero-order chi connectivity index (χ0) is 22.3. The summed E-state index contributed by atoms with van der Waals surface area (Å²) in [4.78, 5) is 27.0. The molecule has 1 aliphatic rings. The van der Waals surface area contributed by atoms with Crippen molar-refractivity contribution in [3.63, 3.8) is 0 Å². The number of hydrogen-bond acceptors (Lipinski definition) is 5. The van der Waals surface area contributed by atoms with Gasteiger partial charge in [-0.2, -0.15) is 0 Å². The van der Waals surface area contributed by atoms with Crippen LogP contribution in [0, 0.1) is 5.41 Å². The lowest BCUT2D eigenvalue weighted by molar-refractivity contribution is -0.134. The van der Waals surface area contributed by atoms with E-state index in [2.05, 4.69) is 10.6 Å². The van der Waals surface area contributed by atoms with Gasteiger partial charge in [-0.3, -0.25) is 14.5 Å². The maximum Gasteiger partial charge on any atom is 0.237 e. The Morgan fingerprint density at radius 2 is 1.94 bits per heavy atom. The first kappa shape index (κ1) is 22.8. The predicted octanol–water partition coefficient (Wildman–Crippen LogP) is 2.30. The molecule has 3 rings (SSSR count). The van der Waals surface area contributed by atoms with Crippen molar-refractivity contribution >= 4 is 11.8 Å². The lowest BCUT2D eigenvalue weighted by atomic mass is 9.95. The van der Waals surface area contributed by atoms with Gasteiger partial charge >= 0.3 is 0 Å². The molecule has 1 saturated heterocycles. The van der Waals surface area contributed by atoms with Crippen molar-refractivity contribution in [1.29, 1.82) is 0 Å². The summed E-state index contributed by atoms with van der Waals surface area (Å²) in [7, 11) is 0. The summed E-state index contributed by atoms with van der Waals surface area (Å²) in [5.41, 5.74) is 0.610. The number of para-hydroxylation sites is 1. The Balaban J connectivity index is 1.64. The molecule has 1 atom stereocenters. The van der Waals surface area contributed by atoms with Crippen LogP contribution in [0.25, 0.3) is 0 Å². The Kier molecular flexibility index (Phi) is 7.65. The molecule has 7 heteroatoms. The molecule has 166 valence electrons. The average molecular weight is 426 g/mol. The maximum absolute atomic E-state index is 12.5. The van der Waals surface area contributed by atoms with E-state index in [0.29, 0.717) is 26.2 Å². The highest BCUT2D eigenvalue weighted by Crippen LogP contribution is 2.23. The largest absolute Gasteiger partial charge is 0.457 e. The van der Waals surface area contributed by atoms with Gasteiger partial charge in [-0.1, -0.05) is 44.2 Å². The highest BCUT2D eigenvalue weighted by Gasteiger charge is 2.32. The molecule has 1 heterocycles. The van der Waals surface area contributed by atoms with E-state index in [9.17, 15) is 14.7 Å². The fourth-order valence-electron chi connectivity index (χ4n) is 3.38. The smallest absolute Gasteiger partial charge is 0.237 e. The summed E-state index contributed by atoms with van der Waals surface area (Å²) in [5, 5.41) is 15.1.